The standard InChI is InChI=1S/C7H14F4O4Si/c1-4-14-5-15-16(12-2,13-3)6(8)7(9,10)11/h6H,4-5H2,1-3H3. The van der Waals surface area contributed by atoms with E-state index >= 15 is 0 Å². The zero-order chi connectivity index (χ0) is 12.8. The topological polar surface area (TPSA) is 36.9 Å². The normalized spacial score (nSPS) is 15.2. The minimum Gasteiger partial charge on any atom is -0.375 e. The van der Waals surface area contributed by atoms with Gasteiger partial charge < -0.3 is 18.0 Å². The summed E-state index contributed by atoms with van der Waals surface area (Å²) in [5.74, 6) is -3.30. The summed E-state index contributed by atoms with van der Waals surface area (Å²) in [5.41, 5.74) is 0. The molecule has 0 N–H and O–H groups in total. The quantitative estimate of drug-likeness (QED) is 0.304. The molecule has 0 saturated carbocycles. The van der Waals surface area contributed by atoms with Crippen molar-refractivity contribution in [3.8, 4) is 0 Å². The van der Waals surface area contributed by atoms with Gasteiger partial charge in [-0.3, -0.25) is 0 Å². The van der Waals surface area contributed by atoms with Crippen LogP contribution in [0.15, 0.2) is 0 Å². The van der Waals surface area contributed by atoms with E-state index in [9.17, 15) is 17.6 Å². The molecule has 16 heavy (non-hydrogen) atoms. The molecule has 0 aromatic rings. The second-order valence-electron chi connectivity index (χ2n) is 2.67. The third-order valence-corrected chi connectivity index (χ3v) is 4.32. The highest BCUT2D eigenvalue weighted by Crippen LogP contribution is 2.31. The average Bonchev–Trinajstić information content (AvgIpc) is 2.23. The molecule has 1 unspecified atom stereocenters. The monoisotopic (exact) mass is 266 g/mol. The summed E-state index contributed by atoms with van der Waals surface area (Å²) in [7, 11) is -2.63. The molecule has 0 aliphatic heterocycles. The first-order valence-corrected chi connectivity index (χ1v) is 6.17. The highest BCUT2D eigenvalue weighted by atomic mass is 28.4. The molecule has 4 nitrogen and oxygen atoms in total. The Bertz CT molecular complexity index is 197. The minimum atomic E-state index is -5.09. The number of halogens is 4. The predicted molar refractivity (Wildman–Crippen MR) is 48.3 cm³/mol. The van der Waals surface area contributed by atoms with Gasteiger partial charge in [0.1, 0.15) is 6.79 Å². The van der Waals surface area contributed by atoms with E-state index in [0.717, 1.165) is 14.2 Å². The summed E-state index contributed by atoms with van der Waals surface area (Å²) in [6, 6.07) is 0. The number of hydrogen-bond acceptors (Lipinski definition) is 4. The molecular formula is C7H14F4O4Si. The molecule has 9 heteroatoms. The largest absolute Gasteiger partial charge is 0.548 e. The van der Waals surface area contributed by atoms with Crippen LogP contribution in [-0.4, -0.2) is 48.4 Å². The van der Waals surface area contributed by atoms with Gasteiger partial charge in [-0.15, -0.1) is 0 Å². The number of hydrogen-bond donors (Lipinski definition) is 0. The van der Waals surface area contributed by atoms with Crippen molar-refractivity contribution in [1.82, 2.24) is 0 Å². The maximum Gasteiger partial charge on any atom is 0.548 e. The lowest BCUT2D eigenvalue weighted by molar-refractivity contribution is -0.179. The lowest BCUT2D eigenvalue weighted by Gasteiger charge is -2.29. The Balaban J connectivity index is 4.66. The van der Waals surface area contributed by atoms with Crippen LogP contribution in [0, 0.1) is 0 Å². The minimum absolute atomic E-state index is 0.223. The fourth-order valence-corrected chi connectivity index (χ4v) is 2.50. The lowest BCUT2D eigenvalue weighted by Crippen LogP contribution is -2.59. The molecule has 0 amide bonds. The first kappa shape index (κ1) is 15.8. The molecule has 0 radical (unpaired) electrons. The molecule has 0 rings (SSSR count). The van der Waals surface area contributed by atoms with Crippen LogP contribution in [-0.2, 0) is 18.0 Å². The second kappa shape index (κ2) is 6.50. The fourth-order valence-electron chi connectivity index (χ4n) is 0.889. The Morgan fingerprint density at radius 1 is 1.19 bits per heavy atom. The molecule has 98 valence electrons. The molecule has 0 heterocycles. The van der Waals surface area contributed by atoms with E-state index in [2.05, 4.69) is 18.0 Å². The summed E-state index contributed by atoms with van der Waals surface area (Å²) < 4.78 is 68.0. The average molecular weight is 266 g/mol. The van der Waals surface area contributed by atoms with Crippen LogP contribution < -0.4 is 0 Å². The second-order valence-corrected chi connectivity index (χ2v) is 5.49. The molecule has 0 aliphatic carbocycles. The Morgan fingerprint density at radius 3 is 2.00 bits per heavy atom. The number of ether oxygens (including phenoxy) is 1. The van der Waals surface area contributed by atoms with Gasteiger partial charge in [0.05, 0.1) is 0 Å². The first-order valence-electron chi connectivity index (χ1n) is 4.36. The van der Waals surface area contributed by atoms with Crippen LogP contribution in [0.1, 0.15) is 6.92 Å². The highest BCUT2D eigenvalue weighted by molar-refractivity contribution is 6.62. The maximum absolute atomic E-state index is 13.2. The molecule has 0 aromatic carbocycles. The van der Waals surface area contributed by atoms with Gasteiger partial charge in [0.25, 0.3) is 5.79 Å². The van der Waals surface area contributed by atoms with E-state index in [1.165, 1.54) is 0 Å². The van der Waals surface area contributed by atoms with Crippen LogP contribution in [0.3, 0.4) is 0 Å². The van der Waals surface area contributed by atoms with Gasteiger partial charge in [0, 0.05) is 20.8 Å². The molecule has 0 aliphatic rings. The van der Waals surface area contributed by atoms with Crippen molar-refractivity contribution in [2.24, 2.45) is 0 Å². The maximum atomic E-state index is 13.2. The van der Waals surface area contributed by atoms with Crippen molar-refractivity contribution < 1.29 is 35.6 Å². The van der Waals surface area contributed by atoms with Crippen molar-refractivity contribution >= 4 is 8.80 Å². The van der Waals surface area contributed by atoms with Crippen LogP contribution in [0.25, 0.3) is 0 Å². The SMILES string of the molecule is CCOCO[Si](OC)(OC)C(F)C(F)(F)F. The van der Waals surface area contributed by atoms with Crippen molar-refractivity contribution in [1.29, 1.82) is 0 Å². The summed E-state index contributed by atoms with van der Waals surface area (Å²) in [6.07, 6.45) is -5.09. The van der Waals surface area contributed by atoms with E-state index in [0.29, 0.717) is 0 Å². The molecule has 0 spiro atoms. The summed E-state index contributed by atoms with van der Waals surface area (Å²) in [6.45, 7) is 1.32. The third kappa shape index (κ3) is 3.98. The molecule has 0 fully saturated rings. The van der Waals surface area contributed by atoms with Crippen LogP contribution in [0.5, 0.6) is 0 Å². The predicted octanol–water partition coefficient (Wildman–Crippen LogP) is 1.67. The third-order valence-electron chi connectivity index (χ3n) is 1.71. The molecular weight excluding hydrogens is 252 g/mol. The van der Waals surface area contributed by atoms with E-state index in [1.807, 2.05) is 0 Å². The van der Waals surface area contributed by atoms with E-state index < -0.39 is 27.6 Å². The van der Waals surface area contributed by atoms with Crippen molar-refractivity contribution in [2.45, 2.75) is 18.9 Å². The van der Waals surface area contributed by atoms with Crippen LogP contribution in [0.2, 0.25) is 0 Å². The number of rotatable bonds is 7. The summed E-state index contributed by atoms with van der Waals surface area (Å²) in [5, 5.41) is 0. The van der Waals surface area contributed by atoms with Gasteiger partial charge in [-0.2, -0.15) is 13.2 Å². The molecule has 0 saturated heterocycles. The van der Waals surface area contributed by atoms with E-state index in [4.69, 9.17) is 0 Å². The summed E-state index contributed by atoms with van der Waals surface area (Å²) in [4.78, 5) is 0. The molecule has 0 bridgehead atoms. The van der Waals surface area contributed by atoms with E-state index in [-0.39, 0.29) is 6.61 Å². The van der Waals surface area contributed by atoms with Crippen molar-refractivity contribution in [3.63, 3.8) is 0 Å². The van der Waals surface area contributed by atoms with Crippen molar-refractivity contribution in [3.05, 3.63) is 0 Å². The Hall–Kier alpha value is -0.223. The smallest absolute Gasteiger partial charge is 0.375 e. The Labute approximate surface area is 91.8 Å². The summed E-state index contributed by atoms with van der Waals surface area (Å²) >= 11 is 0. The Morgan fingerprint density at radius 2 is 1.69 bits per heavy atom. The molecule has 0 aromatic heterocycles. The van der Waals surface area contributed by atoms with E-state index in [1.54, 1.807) is 6.92 Å². The lowest BCUT2D eigenvalue weighted by atomic mass is 10.7. The van der Waals surface area contributed by atoms with Gasteiger partial charge >= 0.3 is 15.0 Å². The zero-order valence-electron chi connectivity index (χ0n) is 9.14. The fraction of sp³-hybridized carbons (Fsp3) is 1.00. The van der Waals surface area contributed by atoms with Gasteiger partial charge in [0.2, 0.25) is 0 Å². The zero-order valence-corrected chi connectivity index (χ0v) is 10.1. The Kier molecular flexibility index (Phi) is 6.41. The highest BCUT2D eigenvalue weighted by Gasteiger charge is 2.62. The first-order chi connectivity index (χ1) is 7.34. The van der Waals surface area contributed by atoms with Crippen molar-refractivity contribution in [2.75, 3.05) is 27.6 Å². The van der Waals surface area contributed by atoms with Gasteiger partial charge in [-0.25, -0.2) is 4.39 Å². The van der Waals surface area contributed by atoms with Gasteiger partial charge in [-0.05, 0) is 6.92 Å². The van der Waals surface area contributed by atoms with Gasteiger partial charge in [-0.1, -0.05) is 0 Å². The van der Waals surface area contributed by atoms with Crippen LogP contribution in [0.4, 0.5) is 17.6 Å². The van der Waals surface area contributed by atoms with Crippen LogP contribution >= 0.6 is 0 Å². The van der Waals surface area contributed by atoms with Gasteiger partial charge in [0.15, 0.2) is 0 Å². The molecule has 1 atom stereocenters. The number of alkyl halides is 4.